The van der Waals surface area contributed by atoms with Crippen LogP contribution in [-0.4, -0.2) is 39.0 Å². The van der Waals surface area contributed by atoms with Crippen molar-refractivity contribution in [3.8, 4) is 10.4 Å². The lowest BCUT2D eigenvalue weighted by molar-refractivity contribution is -0.117. The van der Waals surface area contributed by atoms with Gasteiger partial charge in [0.2, 0.25) is 5.91 Å². The fraction of sp³-hybridized carbons (Fsp3) is 0.100. The Balaban J connectivity index is 1.59. The number of benzene rings is 2. The maximum atomic E-state index is 12.5. The zero-order valence-electron chi connectivity index (χ0n) is 15.7. The van der Waals surface area contributed by atoms with E-state index in [1.807, 2.05) is 30.3 Å². The molecule has 1 N–H and O–H groups in total. The van der Waals surface area contributed by atoms with E-state index in [9.17, 15) is 14.4 Å². The SMILES string of the molecule is COC(=O)c1nc(NC(=O)Cn2nnc3ccccc3c2=O)sc1-c1ccccc1. The highest BCUT2D eigenvalue weighted by Gasteiger charge is 2.21. The predicted molar refractivity (Wildman–Crippen MR) is 111 cm³/mol. The van der Waals surface area contributed by atoms with Crippen LogP contribution >= 0.6 is 11.3 Å². The Morgan fingerprint density at radius 3 is 2.60 bits per heavy atom. The van der Waals surface area contributed by atoms with Crippen LogP contribution in [0.25, 0.3) is 21.3 Å². The Kier molecular flexibility index (Phi) is 5.31. The van der Waals surface area contributed by atoms with E-state index in [4.69, 9.17) is 4.74 Å². The van der Waals surface area contributed by atoms with Crippen LogP contribution in [0, 0.1) is 0 Å². The average molecular weight is 421 g/mol. The summed E-state index contributed by atoms with van der Waals surface area (Å²) in [5.74, 6) is -1.13. The molecule has 10 heteroatoms. The molecule has 30 heavy (non-hydrogen) atoms. The highest BCUT2D eigenvalue weighted by Crippen LogP contribution is 2.33. The second-order valence-corrected chi connectivity index (χ2v) is 7.17. The highest BCUT2D eigenvalue weighted by molar-refractivity contribution is 7.19. The first kappa shape index (κ1) is 19.4. The van der Waals surface area contributed by atoms with Crippen molar-refractivity contribution < 1.29 is 14.3 Å². The van der Waals surface area contributed by atoms with Crippen LogP contribution in [0.5, 0.6) is 0 Å². The van der Waals surface area contributed by atoms with Gasteiger partial charge in [-0.1, -0.05) is 59.0 Å². The zero-order chi connectivity index (χ0) is 21.1. The molecule has 150 valence electrons. The van der Waals surface area contributed by atoms with Gasteiger partial charge in [0.05, 0.1) is 17.4 Å². The average Bonchev–Trinajstić information content (AvgIpc) is 3.19. The number of methoxy groups -OCH3 is 1. The van der Waals surface area contributed by atoms with Gasteiger partial charge in [-0.15, -0.1) is 5.10 Å². The minimum absolute atomic E-state index is 0.103. The number of anilines is 1. The minimum Gasteiger partial charge on any atom is -0.464 e. The molecule has 0 spiro atoms. The third-order valence-electron chi connectivity index (χ3n) is 4.21. The molecule has 9 nitrogen and oxygen atoms in total. The number of aromatic nitrogens is 4. The summed E-state index contributed by atoms with van der Waals surface area (Å²) in [6.45, 7) is -0.343. The van der Waals surface area contributed by atoms with Crippen LogP contribution < -0.4 is 10.9 Å². The maximum absolute atomic E-state index is 12.5. The topological polar surface area (TPSA) is 116 Å². The van der Waals surface area contributed by atoms with Crippen LogP contribution in [0.1, 0.15) is 10.5 Å². The van der Waals surface area contributed by atoms with Gasteiger partial charge in [0, 0.05) is 0 Å². The third kappa shape index (κ3) is 3.80. The minimum atomic E-state index is -0.609. The number of carbonyl (C=O) groups excluding carboxylic acids is 2. The van der Waals surface area contributed by atoms with E-state index in [0.29, 0.717) is 15.8 Å². The molecule has 4 aromatic rings. The van der Waals surface area contributed by atoms with Crippen molar-refractivity contribution in [3.05, 3.63) is 70.6 Å². The van der Waals surface area contributed by atoms with Crippen LogP contribution in [-0.2, 0) is 16.1 Å². The normalized spacial score (nSPS) is 10.7. The predicted octanol–water partition coefficient (Wildman–Crippen LogP) is 2.34. The van der Waals surface area contributed by atoms with Crippen LogP contribution in [0.4, 0.5) is 5.13 Å². The van der Waals surface area contributed by atoms with Gasteiger partial charge < -0.3 is 10.1 Å². The van der Waals surface area contributed by atoms with Crippen molar-refractivity contribution in [2.75, 3.05) is 12.4 Å². The monoisotopic (exact) mass is 421 g/mol. The molecule has 0 unspecified atom stereocenters. The number of carbonyl (C=O) groups is 2. The summed E-state index contributed by atoms with van der Waals surface area (Å²) in [5, 5.41) is 10.9. The molecule has 0 saturated heterocycles. The fourth-order valence-electron chi connectivity index (χ4n) is 2.82. The molecule has 4 rings (SSSR count). The Morgan fingerprint density at radius 2 is 1.83 bits per heavy atom. The third-order valence-corrected chi connectivity index (χ3v) is 5.23. The molecular weight excluding hydrogens is 406 g/mol. The Morgan fingerprint density at radius 1 is 1.10 bits per heavy atom. The number of nitrogens with one attached hydrogen (secondary N) is 1. The van der Waals surface area contributed by atoms with Gasteiger partial charge in [0.25, 0.3) is 5.56 Å². The number of hydrogen-bond acceptors (Lipinski definition) is 8. The number of esters is 1. The van der Waals surface area contributed by atoms with E-state index in [2.05, 4.69) is 20.6 Å². The second kappa shape index (κ2) is 8.21. The maximum Gasteiger partial charge on any atom is 0.358 e. The van der Waals surface area contributed by atoms with Crippen molar-refractivity contribution in [1.29, 1.82) is 0 Å². The Labute approximate surface area is 174 Å². The van der Waals surface area contributed by atoms with Crippen LogP contribution in [0.15, 0.2) is 59.4 Å². The van der Waals surface area contributed by atoms with Gasteiger partial charge in [-0.3, -0.25) is 9.59 Å². The van der Waals surface area contributed by atoms with Gasteiger partial charge in [-0.05, 0) is 17.7 Å². The first-order chi connectivity index (χ1) is 14.6. The van der Waals surface area contributed by atoms with Gasteiger partial charge in [-0.25, -0.2) is 14.5 Å². The van der Waals surface area contributed by atoms with Crippen molar-refractivity contribution in [2.45, 2.75) is 6.54 Å². The van der Waals surface area contributed by atoms with Gasteiger partial charge in [0.1, 0.15) is 12.1 Å². The molecule has 2 aromatic carbocycles. The lowest BCUT2D eigenvalue weighted by atomic mass is 10.1. The Hall–Kier alpha value is -3.92. The molecule has 0 atom stereocenters. The smallest absolute Gasteiger partial charge is 0.358 e. The molecule has 2 heterocycles. The molecule has 0 saturated carbocycles. The summed E-state index contributed by atoms with van der Waals surface area (Å²) >= 11 is 1.13. The molecule has 0 radical (unpaired) electrons. The summed E-state index contributed by atoms with van der Waals surface area (Å²) < 4.78 is 5.77. The fourth-order valence-corrected chi connectivity index (χ4v) is 3.79. The molecule has 0 fully saturated rings. The first-order valence-corrected chi connectivity index (χ1v) is 9.65. The van der Waals surface area contributed by atoms with Crippen molar-refractivity contribution in [2.24, 2.45) is 0 Å². The second-order valence-electron chi connectivity index (χ2n) is 6.17. The molecular formula is C20H15N5O4S. The molecule has 1 amide bonds. The van der Waals surface area contributed by atoms with E-state index >= 15 is 0 Å². The van der Waals surface area contributed by atoms with Crippen LogP contribution in [0.2, 0.25) is 0 Å². The molecule has 0 aliphatic rings. The summed E-state index contributed by atoms with van der Waals surface area (Å²) in [6, 6.07) is 15.9. The van der Waals surface area contributed by atoms with E-state index < -0.39 is 17.4 Å². The number of rotatable bonds is 5. The quantitative estimate of drug-likeness (QED) is 0.492. The van der Waals surface area contributed by atoms with Crippen molar-refractivity contribution in [3.63, 3.8) is 0 Å². The summed E-state index contributed by atoms with van der Waals surface area (Å²) in [5.41, 5.74) is 0.906. The summed E-state index contributed by atoms with van der Waals surface area (Å²) in [7, 11) is 1.26. The lowest BCUT2D eigenvalue weighted by Crippen LogP contribution is -2.30. The van der Waals surface area contributed by atoms with E-state index in [0.717, 1.165) is 21.6 Å². The number of nitrogens with zero attached hydrogens (tertiary/aromatic N) is 4. The zero-order valence-corrected chi connectivity index (χ0v) is 16.5. The largest absolute Gasteiger partial charge is 0.464 e. The number of fused-ring (bicyclic) bond motifs is 1. The van der Waals surface area contributed by atoms with E-state index in [-0.39, 0.29) is 17.4 Å². The number of ether oxygens (including phenoxy) is 1. The lowest BCUT2D eigenvalue weighted by Gasteiger charge is -2.04. The van der Waals surface area contributed by atoms with Crippen molar-refractivity contribution >= 4 is 39.2 Å². The molecule has 2 aromatic heterocycles. The van der Waals surface area contributed by atoms with Gasteiger partial charge in [-0.2, -0.15) is 0 Å². The summed E-state index contributed by atoms with van der Waals surface area (Å²) in [6.07, 6.45) is 0. The number of thiazole rings is 1. The standard InChI is InChI=1S/C20H15N5O4S/c1-29-19(28)16-17(12-7-3-2-4-8-12)30-20(22-16)21-15(26)11-25-18(27)13-9-5-6-10-14(13)23-24-25/h2-10H,11H2,1H3,(H,21,22,26). The van der Waals surface area contributed by atoms with Gasteiger partial charge >= 0.3 is 5.97 Å². The van der Waals surface area contributed by atoms with Crippen molar-refractivity contribution in [1.82, 2.24) is 20.0 Å². The number of amides is 1. The van der Waals surface area contributed by atoms with Gasteiger partial charge in [0.15, 0.2) is 10.8 Å². The number of hydrogen-bond donors (Lipinski definition) is 1. The molecule has 0 bridgehead atoms. The first-order valence-electron chi connectivity index (χ1n) is 8.84. The molecule has 0 aliphatic carbocycles. The Bertz CT molecular complexity index is 1300. The highest BCUT2D eigenvalue weighted by atomic mass is 32.1. The molecule has 0 aliphatic heterocycles. The van der Waals surface area contributed by atoms with Crippen LogP contribution in [0.3, 0.4) is 0 Å². The van der Waals surface area contributed by atoms with E-state index in [1.54, 1.807) is 24.3 Å². The summed E-state index contributed by atoms with van der Waals surface area (Å²) in [4.78, 5) is 41.9. The van der Waals surface area contributed by atoms with E-state index in [1.165, 1.54) is 7.11 Å².